The first-order valence-electron chi connectivity index (χ1n) is 12.7. The molecule has 1 atom stereocenters. The zero-order valence-electron chi connectivity index (χ0n) is 22.7. The van der Waals surface area contributed by atoms with Gasteiger partial charge in [0.2, 0.25) is 0 Å². The summed E-state index contributed by atoms with van der Waals surface area (Å²) in [7, 11) is 3.34. The van der Waals surface area contributed by atoms with Gasteiger partial charge >= 0.3 is 5.97 Å². The number of furan rings is 1. The highest BCUT2D eigenvalue weighted by Gasteiger charge is 2.21. The predicted molar refractivity (Wildman–Crippen MR) is 146 cm³/mol. The van der Waals surface area contributed by atoms with Crippen molar-refractivity contribution in [2.45, 2.75) is 46.6 Å². The number of benzene rings is 2. The van der Waals surface area contributed by atoms with Crippen LogP contribution in [0, 0.1) is 12.8 Å². The molecule has 7 heteroatoms. The van der Waals surface area contributed by atoms with Crippen LogP contribution in [0.4, 0.5) is 5.69 Å². The highest BCUT2D eigenvalue weighted by atomic mass is 16.5. The summed E-state index contributed by atoms with van der Waals surface area (Å²) in [6.45, 7) is 8.80. The molecule has 1 amide bonds. The number of methoxy groups -OCH3 is 1. The summed E-state index contributed by atoms with van der Waals surface area (Å²) in [5.74, 6) is 2.52. The van der Waals surface area contributed by atoms with Gasteiger partial charge in [-0.25, -0.2) is 0 Å². The van der Waals surface area contributed by atoms with Gasteiger partial charge < -0.3 is 24.1 Å². The molecule has 0 fully saturated rings. The first kappa shape index (κ1) is 27.8. The number of rotatable bonds is 12. The maximum atomic E-state index is 12.8. The van der Waals surface area contributed by atoms with Gasteiger partial charge in [-0.3, -0.25) is 9.59 Å². The highest BCUT2D eigenvalue weighted by Crippen LogP contribution is 2.34. The van der Waals surface area contributed by atoms with Crippen LogP contribution >= 0.6 is 0 Å². The third-order valence-electron chi connectivity index (χ3n) is 6.19. The largest absolute Gasteiger partial charge is 0.497 e. The number of ether oxygens (including phenoxy) is 2. The molecule has 3 aromatic rings. The third-order valence-corrected chi connectivity index (χ3v) is 6.19. The first-order chi connectivity index (χ1) is 17.7. The van der Waals surface area contributed by atoms with Gasteiger partial charge in [-0.15, -0.1) is 0 Å². The lowest BCUT2D eigenvalue weighted by atomic mass is 9.96. The number of nitrogens with one attached hydrogen (secondary N) is 1. The summed E-state index contributed by atoms with van der Waals surface area (Å²) >= 11 is 0. The smallest absolute Gasteiger partial charge is 0.307 e. The molecule has 2 aromatic carbocycles. The molecule has 1 unspecified atom stereocenters. The Kier molecular flexibility index (Phi) is 9.78. The molecule has 1 aromatic heterocycles. The van der Waals surface area contributed by atoms with Crippen LogP contribution in [-0.2, 0) is 9.53 Å². The second-order valence-corrected chi connectivity index (χ2v) is 9.54. The summed E-state index contributed by atoms with van der Waals surface area (Å²) in [6.07, 6.45) is 1.09. The second-order valence-electron chi connectivity index (χ2n) is 9.54. The van der Waals surface area contributed by atoms with Crippen molar-refractivity contribution in [1.82, 2.24) is 4.90 Å². The third kappa shape index (κ3) is 7.62. The molecule has 0 aliphatic heterocycles. The van der Waals surface area contributed by atoms with E-state index in [2.05, 4.69) is 25.2 Å². The molecule has 0 radical (unpaired) electrons. The summed E-state index contributed by atoms with van der Waals surface area (Å²) < 4.78 is 16.4. The van der Waals surface area contributed by atoms with E-state index in [1.54, 1.807) is 21.1 Å². The molecule has 0 bridgehead atoms. The van der Waals surface area contributed by atoms with E-state index in [9.17, 15) is 9.59 Å². The molecule has 0 saturated carbocycles. The first-order valence-corrected chi connectivity index (χ1v) is 12.7. The van der Waals surface area contributed by atoms with E-state index < -0.39 is 0 Å². The number of hydrogen-bond acceptors (Lipinski definition) is 6. The lowest BCUT2D eigenvalue weighted by molar-refractivity contribution is -0.143. The van der Waals surface area contributed by atoms with Crippen molar-refractivity contribution >= 4 is 17.6 Å². The fourth-order valence-electron chi connectivity index (χ4n) is 4.20. The SMILES string of the molecule is CCOC(=O)CCN(C)C(=O)c1ccc(NC(CC(C)C)c2cc(-c3ccc(OC)cc3)oc2C)cc1. The maximum Gasteiger partial charge on any atom is 0.307 e. The summed E-state index contributed by atoms with van der Waals surface area (Å²) in [5, 5.41) is 3.63. The minimum Gasteiger partial charge on any atom is -0.497 e. The molecule has 3 rings (SSSR count). The fourth-order valence-corrected chi connectivity index (χ4v) is 4.20. The van der Waals surface area contributed by atoms with Gasteiger partial charge in [-0.2, -0.15) is 0 Å². The number of hydrogen-bond donors (Lipinski definition) is 1. The van der Waals surface area contributed by atoms with E-state index in [1.165, 1.54) is 4.90 Å². The van der Waals surface area contributed by atoms with Crippen molar-refractivity contribution in [3.05, 3.63) is 71.5 Å². The normalized spacial score (nSPS) is 11.8. The van der Waals surface area contributed by atoms with Gasteiger partial charge in [0, 0.05) is 36.0 Å². The van der Waals surface area contributed by atoms with Crippen LogP contribution in [0.1, 0.15) is 61.3 Å². The Balaban J connectivity index is 1.73. The Bertz CT molecular complexity index is 1170. The molecule has 0 aliphatic carbocycles. The number of amides is 1. The Morgan fingerprint density at radius 3 is 2.32 bits per heavy atom. The monoisotopic (exact) mass is 506 g/mol. The molecule has 7 nitrogen and oxygen atoms in total. The average Bonchev–Trinajstić information content (AvgIpc) is 3.28. The Morgan fingerprint density at radius 1 is 1.05 bits per heavy atom. The van der Waals surface area contributed by atoms with Crippen LogP contribution in [0.25, 0.3) is 11.3 Å². The second kappa shape index (κ2) is 13.0. The minimum atomic E-state index is -0.303. The molecule has 0 spiro atoms. The number of carbonyl (C=O) groups excluding carboxylic acids is 2. The van der Waals surface area contributed by atoms with Crippen LogP contribution in [-0.4, -0.2) is 44.1 Å². The van der Waals surface area contributed by atoms with Crippen molar-refractivity contribution in [2.24, 2.45) is 5.92 Å². The van der Waals surface area contributed by atoms with E-state index in [-0.39, 0.29) is 24.3 Å². The molecule has 1 N–H and O–H groups in total. The maximum absolute atomic E-state index is 12.8. The van der Waals surface area contributed by atoms with E-state index in [0.29, 0.717) is 24.6 Å². The van der Waals surface area contributed by atoms with Crippen LogP contribution in [0.3, 0.4) is 0 Å². The van der Waals surface area contributed by atoms with Crippen molar-refractivity contribution < 1.29 is 23.5 Å². The zero-order valence-corrected chi connectivity index (χ0v) is 22.7. The van der Waals surface area contributed by atoms with Gasteiger partial charge in [0.25, 0.3) is 5.91 Å². The van der Waals surface area contributed by atoms with Crippen molar-refractivity contribution in [3.63, 3.8) is 0 Å². The van der Waals surface area contributed by atoms with E-state index in [0.717, 1.165) is 40.5 Å². The van der Waals surface area contributed by atoms with Gasteiger partial charge in [0.05, 0.1) is 26.2 Å². The lowest BCUT2D eigenvalue weighted by Gasteiger charge is -2.22. The standard InChI is InChI=1S/C30H38N2O5/c1-7-36-29(33)16-17-32(5)30(34)23-8-12-24(13-9-23)31-27(18-20(2)3)26-19-28(37-21(26)4)22-10-14-25(35-6)15-11-22/h8-15,19-20,27,31H,7,16-18H2,1-6H3. The van der Waals surface area contributed by atoms with Gasteiger partial charge in [0.1, 0.15) is 17.3 Å². The van der Waals surface area contributed by atoms with Crippen molar-refractivity contribution in [1.29, 1.82) is 0 Å². The molecule has 198 valence electrons. The number of carbonyl (C=O) groups is 2. The Hall–Kier alpha value is -3.74. The molecule has 1 heterocycles. The van der Waals surface area contributed by atoms with Gasteiger partial charge in [0.15, 0.2) is 0 Å². The summed E-state index contributed by atoms with van der Waals surface area (Å²) in [6, 6.07) is 17.4. The fraction of sp³-hybridized carbons (Fsp3) is 0.400. The Labute approximate surface area is 219 Å². The lowest BCUT2D eigenvalue weighted by Crippen LogP contribution is -2.29. The number of aryl methyl sites for hydroxylation is 1. The van der Waals surface area contributed by atoms with Crippen LogP contribution < -0.4 is 10.1 Å². The number of esters is 1. The average molecular weight is 507 g/mol. The molecular formula is C30H38N2O5. The zero-order chi connectivity index (χ0) is 26.9. The topological polar surface area (TPSA) is 81.0 Å². The molecule has 37 heavy (non-hydrogen) atoms. The summed E-state index contributed by atoms with van der Waals surface area (Å²) in [4.78, 5) is 25.9. The number of nitrogens with zero attached hydrogens (tertiary/aromatic N) is 1. The summed E-state index contributed by atoms with van der Waals surface area (Å²) in [5.41, 5.74) is 3.59. The van der Waals surface area contributed by atoms with Crippen LogP contribution in [0.2, 0.25) is 0 Å². The van der Waals surface area contributed by atoms with Gasteiger partial charge in [-0.1, -0.05) is 13.8 Å². The Morgan fingerprint density at radius 2 is 1.73 bits per heavy atom. The van der Waals surface area contributed by atoms with E-state index in [1.807, 2.05) is 55.5 Å². The van der Waals surface area contributed by atoms with Crippen LogP contribution in [0.5, 0.6) is 5.75 Å². The van der Waals surface area contributed by atoms with Crippen LogP contribution in [0.15, 0.2) is 59.0 Å². The van der Waals surface area contributed by atoms with Crippen molar-refractivity contribution in [3.8, 4) is 17.1 Å². The minimum absolute atomic E-state index is 0.0459. The predicted octanol–water partition coefficient (Wildman–Crippen LogP) is 6.49. The molecular weight excluding hydrogens is 468 g/mol. The van der Waals surface area contributed by atoms with Crippen molar-refractivity contribution in [2.75, 3.05) is 32.6 Å². The molecule has 0 aliphatic rings. The highest BCUT2D eigenvalue weighted by molar-refractivity contribution is 5.94. The number of anilines is 1. The van der Waals surface area contributed by atoms with Gasteiger partial charge in [-0.05, 0) is 80.8 Å². The van der Waals surface area contributed by atoms with E-state index in [4.69, 9.17) is 13.9 Å². The van der Waals surface area contributed by atoms with E-state index >= 15 is 0 Å². The quantitative estimate of drug-likeness (QED) is 0.283. The molecule has 0 saturated heterocycles.